The fraction of sp³-hybridized carbons (Fsp3) is 0.889. The van der Waals surface area contributed by atoms with Gasteiger partial charge >= 0.3 is 5.97 Å². The quantitative estimate of drug-likeness (QED) is 0.605. The number of rotatable bonds is 4. The Hall–Kier alpha value is -0.650. The first-order chi connectivity index (χ1) is 6.76. The second kappa shape index (κ2) is 5.95. The molecule has 5 nitrogen and oxygen atoms in total. The number of methoxy groups -OCH3 is 1. The van der Waals surface area contributed by atoms with Crippen molar-refractivity contribution in [2.45, 2.75) is 12.5 Å². The first kappa shape index (κ1) is 11.4. The van der Waals surface area contributed by atoms with E-state index in [9.17, 15) is 4.79 Å². The molecule has 2 N–H and O–H groups in total. The van der Waals surface area contributed by atoms with Gasteiger partial charge in [0.05, 0.1) is 26.2 Å². The highest BCUT2D eigenvalue weighted by Crippen LogP contribution is 2.04. The minimum absolute atomic E-state index is 0.112. The predicted molar refractivity (Wildman–Crippen MR) is 51.9 cm³/mol. The van der Waals surface area contributed by atoms with Gasteiger partial charge in [-0.25, -0.2) is 0 Å². The summed E-state index contributed by atoms with van der Waals surface area (Å²) in [7, 11) is 1.41. The van der Waals surface area contributed by atoms with Gasteiger partial charge in [-0.05, 0) is 0 Å². The molecular weight excluding hydrogens is 184 g/mol. The number of esters is 1. The van der Waals surface area contributed by atoms with Crippen molar-refractivity contribution in [3.63, 3.8) is 0 Å². The van der Waals surface area contributed by atoms with Gasteiger partial charge in [0.25, 0.3) is 0 Å². The number of hydrogen-bond donors (Lipinski definition) is 1. The molecule has 1 saturated heterocycles. The lowest BCUT2D eigenvalue weighted by Gasteiger charge is -2.31. The molecule has 0 spiro atoms. The molecule has 14 heavy (non-hydrogen) atoms. The standard InChI is InChI=1S/C9H18N2O3/c1-13-9(12)2-3-11-4-5-14-8(6-10)7-11/h8H,2-7,10H2,1H3. The molecule has 0 radical (unpaired) electrons. The van der Waals surface area contributed by atoms with Gasteiger partial charge in [-0.15, -0.1) is 0 Å². The lowest BCUT2D eigenvalue weighted by Crippen LogP contribution is -2.46. The average Bonchev–Trinajstić information content (AvgIpc) is 2.26. The Bertz CT molecular complexity index is 187. The summed E-state index contributed by atoms with van der Waals surface area (Å²) in [6, 6.07) is 0. The second-order valence-corrected chi connectivity index (χ2v) is 3.36. The molecular formula is C9H18N2O3. The smallest absolute Gasteiger partial charge is 0.306 e. The molecule has 1 aliphatic rings. The van der Waals surface area contributed by atoms with Crippen LogP contribution in [0.2, 0.25) is 0 Å². The Labute approximate surface area is 84.1 Å². The van der Waals surface area contributed by atoms with Crippen molar-refractivity contribution in [3.05, 3.63) is 0 Å². The fourth-order valence-corrected chi connectivity index (χ4v) is 1.48. The minimum Gasteiger partial charge on any atom is -0.469 e. The van der Waals surface area contributed by atoms with E-state index in [0.29, 0.717) is 19.6 Å². The number of hydrogen-bond acceptors (Lipinski definition) is 5. The molecule has 1 aliphatic heterocycles. The van der Waals surface area contributed by atoms with Crippen LogP contribution in [0.4, 0.5) is 0 Å². The van der Waals surface area contributed by atoms with Crippen LogP contribution in [0.15, 0.2) is 0 Å². The van der Waals surface area contributed by atoms with Crippen LogP contribution in [0.1, 0.15) is 6.42 Å². The topological polar surface area (TPSA) is 64.8 Å². The fourth-order valence-electron chi connectivity index (χ4n) is 1.48. The zero-order valence-electron chi connectivity index (χ0n) is 8.57. The minimum atomic E-state index is -0.166. The Kier molecular flexibility index (Phi) is 4.86. The van der Waals surface area contributed by atoms with Gasteiger partial charge in [-0.2, -0.15) is 0 Å². The summed E-state index contributed by atoms with van der Waals surface area (Å²) < 4.78 is 9.98. The summed E-state index contributed by atoms with van der Waals surface area (Å²) in [5.74, 6) is -0.166. The van der Waals surface area contributed by atoms with E-state index < -0.39 is 0 Å². The molecule has 0 aromatic heterocycles. The summed E-state index contributed by atoms with van der Waals surface area (Å²) >= 11 is 0. The predicted octanol–water partition coefficient (Wildman–Crippen LogP) is -0.791. The third-order valence-corrected chi connectivity index (χ3v) is 2.35. The number of nitrogens with zero attached hydrogens (tertiary/aromatic N) is 1. The summed E-state index contributed by atoms with van der Waals surface area (Å²) in [5, 5.41) is 0. The monoisotopic (exact) mass is 202 g/mol. The van der Waals surface area contributed by atoms with Crippen LogP contribution in [0.5, 0.6) is 0 Å². The Morgan fingerprint density at radius 1 is 1.71 bits per heavy atom. The molecule has 0 saturated carbocycles. The van der Waals surface area contributed by atoms with E-state index in [4.69, 9.17) is 10.5 Å². The molecule has 0 amide bonds. The normalized spacial score (nSPS) is 23.4. The van der Waals surface area contributed by atoms with Gasteiger partial charge in [0, 0.05) is 26.2 Å². The maximum Gasteiger partial charge on any atom is 0.306 e. The van der Waals surface area contributed by atoms with Crippen molar-refractivity contribution >= 4 is 5.97 Å². The van der Waals surface area contributed by atoms with E-state index in [1.54, 1.807) is 0 Å². The average molecular weight is 202 g/mol. The van der Waals surface area contributed by atoms with Crippen molar-refractivity contribution in [1.82, 2.24) is 4.90 Å². The molecule has 0 aromatic rings. The van der Waals surface area contributed by atoms with Crippen LogP contribution in [0, 0.1) is 0 Å². The highest BCUT2D eigenvalue weighted by molar-refractivity contribution is 5.69. The molecule has 5 heteroatoms. The van der Waals surface area contributed by atoms with Crippen LogP contribution >= 0.6 is 0 Å². The van der Waals surface area contributed by atoms with Gasteiger partial charge < -0.3 is 15.2 Å². The van der Waals surface area contributed by atoms with E-state index in [1.165, 1.54) is 7.11 Å². The van der Waals surface area contributed by atoms with Crippen molar-refractivity contribution < 1.29 is 14.3 Å². The number of carbonyl (C=O) groups excluding carboxylic acids is 1. The number of carbonyl (C=O) groups is 1. The van der Waals surface area contributed by atoms with Crippen LogP contribution in [0.25, 0.3) is 0 Å². The Morgan fingerprint density at radius 3 is 3.14 bits per heavy atom. The first-order valence-corrected chi connectivity index (χ1v) is 4.87. The number of morpholine rings is 1. The first-order valence-electron chi connectivity index (χ1n) is 4.87. The van der Waals surface area contributed by atoms with E-state index >= 15 is 0 Å². The van der Waals surface area contributed by atoms with E-state index in [0.717, 1.165) is 19.6 Å². The van der Waals surface area contributed by atoms with Gasteiger partial charge in [0.2, 0.25) is 0 Å². The molecule has 82 valence electrons. The van der Waals surface area contributed by atoms with Crippen molar-refractivity contribution in [2.75, 3.05) is 39.9 Å². The van der Waals surface area contributed by atoms with E-state index in [2.05, 4.69) is 9.64 Å². The number of nitrogens with two attached hydrogens (primary N) is 1. The summed E-state index contributed by atoms with van der Waals surface area (Å²) in [6.45, 7) is 3.64. The molecule has 0 bridgehead atoms. The Balaban J connectivity index is 2.20. The molecule has 1 unspecified atom stereocenters. The maximum atomic E-state index is 10.9. The van der Waals surface area contributed by atoms with Gasteiger partial charge in [-0.3, -0.25) is 9.69 Å². The molecule has 1 heterocycles. The summed E-state index contributed by atoms with van der Waals surface area (Å²) in [5.41, 5.74) is 5.50. The van der Waals surface area contributed by atoms with Gasteiger partial charge in [0.15, 0.2) is 0 Å². The highest BCUT2D eigenvalue weighted by Gasteiger charge is 2.19. The van der Waals surface area contributed by atoms with Crippen molar-refractivity contribution in [2.24, 2.45) is 5.73 Å². The van der Waals surface area contributed by atoms with Crippen LogP contribution in [-0.4, -0.2) is 56.9 Å². The zero-order valence-corrected chi connectivity index (χ0v) is 8.57. The Morgan fingerprint density at radius 2 is 2.50 bits per heavy atom. The van der Waals surface area contributed by atoms with E-state index in [-0.39, 0.29) is 12.1 Å². The van der Waals surface area contributed by atoms with Crippen molar-refractivity contribution in [1.29, 1.82) is 0 Å². The van der Waals surface area contributed by atoms with Crippen LogP contribution in [-0.2, 0) is 14.3 Å². The largest absolute Gasteiger partial charge is 0.469 e. The van der Waals surface area contributed by atoms with Crippen LogP contribution < -0.4 is 5.73 Å². The highest BCUT2D eigenvalue weighted by atomic mass is 16.5. The SMILES string of the molecule is COC(=O)CCN1CCOC(CN)C1. The lowest BCUT2D eigenvalue weighted by atomic mass is 10.2. The molecule has 0 aliphatic carbocycles. The molecule has 1 fully saturated rings. The maximum absolute atomic E-state index is 10.9. The van der Waals surface area contributed by atoms with Crippen molar-refractivity contribution in [3.8, 4) is 0 Å². The summed E-state index contributed by atoms with van der Waals surface area (Å²) in [6.07, 6.45) is 0.551. The van der Waals surface area contributed by atoms with E-state index in [1.807, 2.05) is 0 Å². The molecule has 1 atom stereocenters. The zero-order chi connectivity index (χ0) is 10.4. The molecule has 1 rings (SSSR count). The number of ether oxygens (including phenoxy) is 2. The third-order valence-electron chi connectivity index (χ3n) is 2.35. The third kappa shape index (κ3) is 3.61. The lowest BCUT2D eigenvalue weighted by molar-refractivity contribution is -0.141. The summed E-state index contributed by atoms with van der Waals surface area (Å²) in [4.78, 5) is 13.1. The second-order valence-electron chi connectivity index (χ2n) is 3.36. The van der Waals surface area contributed by atoms with Crippen LogP contribution in [0.3, 0.4) is 0 Å². The van der Waals surface area contributed by atoms with Gasteiger partial charge in [0.1, 0.15) is 0 Å². The molecule has 0 aromatic carbocycles. The van der Waals surface area contributed by atoms with Gasteiger partial charge in [-0.1, -0.05) is 0 Å².